The lowest BCUT2D eigenvalue weighted by molar-refractivity contribution is -0.122. The van der Waals surface area contributed by atoms with E-state index in [4.69, 9.17) is 4.74 Å². The Bertz CT molecular complexity index is 887. The second kappa shape index (κ2) is 10.5. The Balaban J connectivity index is 2.21. The first-order valence-electron chi connectivity index (χ1n) is 9.89. The van der Waals surface area contributed by atoms with Gasteiger partial charge in [0, 0.05) is 26.3 Å². The van der Waals surface area contributed by atoms with Crippen molar-refractivity contribution in [2.24, 2.45) is 7.05 Å². The zero-order valence-electron chi connectivity index (χ0n) is 17.5. The van der Waals surface area contributed by atoms with Crippen LogP contribution in [0.15, 0.2) is 47.4 Å². The number of hydrogen-bond donors (Lipinski definition) is 1. The van der Waals surface area contributed by atoms with Crippen LogP contribution in [0.4, 0.5) is 5.69 Å². The molecule has 0 spiro atoms. The number of carbonyl (C=O) groups is 2. The van der Waals surface area contributed by atoms with Crippen LogP contribution < -0.4 is 15.6 Å². The molecule has 7 heteroatoms. The molecular weight excluding hydrogens is 370 g/mol. The van der Waals surface area contributed by atoms with Crippen molar-refractivity contribution >= 4 is 17.5 Å². The quantitative estimate of drug-likeness (QED) is 0.703. The summed E-state index contributed by atoms with van der Waals surface area (Å²) in [4.78, 5) is 39.6. The molecule has 2 amide bonds. The predicted molar refractivity (Wildman–Crippen MR) is 113 cm³/mol. The number of pyridine rings is 1. The summed E-state index contributed by atoms with van der Waals surface area (Å²) in [6.07, 6.45) is 2.38. The summed E-state index contributed by atoms with van der Waals surface area (Å²) in [6, 6.07) is 10.4. The maximum atomic E-state index is 12.9. The Morgan fingerprint density at radius 3 is 2.34 bits per heavy atom. The van der Waals surface area contributed by atoms with E-state index in [0.29, 0.717) is 24.4 Å². The molecule has 2 rings (SSSR count). The molecule has 1 aromatic carbocycles. The van der Waals surface area contributed by atoms with Crippen molar-refractivity contribution in [2.75, 3.05) is 18.4 Å². The molecule has 0 aliphatic carbocycles. The molecule has 0 fully saturated rings. The maximum absolute atomic E-state index is 12.9. The topological polar surface area (TPSA) is 80.6 Å². The molecule has 29 heavy (non-hydrogen) atoms. The number of para-hydroxylation sites is 1. The number of ether oxygens (including phenoxy) is 1. The fraction of sp³-hybridized carbons (Fsp3) is 0.409. The summed E-state index contributed by atoms with van der Waals surface area (Å²) in [5.41, 5.74) is 0.0279. The third-order valence-electron chi connectivity index (χ3n) is 4.39. The van der Waals surface area contributed by atoms with E-state index in [2.05, 4.69) is 5.32 Å². The Morgan fingerprint density at radius 2 is 1.76 bits per heavy atom. The molecule has 1 N–H and O–H groups in total. The number of hydrogen-bond acceptors (Lipinski definition) is 4. The first-order chi connectivity index (χ1) is 13.9. The minimum absolute atomic E-state index is 0.0554. The summed E-state index contributed by atoms with van der Waals surface area (Å²) >= 11 is 0. The number of amides is 2. The zero-order chi connectivity index (χ0) is 21.4. The maximum Gasteiger partial charge on any atom is 0.274 e. The molecule has 1 heterocycles. The molecular formula is C22H29N3O4. The van der Waals surface area contributed by atoms with Gasteiger partial charge in [-0.05, 0) is 38.0 Å². The van der Waals surface area contributed by atoms with E-state index in [-0.39, 0.29) is 17.2 Å². The number of nitrogens with one attached hydrogen (secondary N) is 1. The highest BCUT2D eigenvalue weighted by atomic mass is 16.5. The second-order valence-electron chi connectivity index (χ2n) is 6.91. The molecule has 0 radical (unpaired) electrons. The molecule has 7 nitrogen and oxygen atoms in total. The normalized spacial score (nSPS) is 11.6. The average molecular weight is 399 g/mol. The van der Waals surface area contributed by atoms with Gasteiger partial charge in [0.15, 0.2) is 6.10 Å². The number of nitrogens with zero attached hydrogens (tertiary/aromatic N) is 2. The zero-order valence-corrected chi connectivity index (χ0v) is 17.5. The average Bonchev–Trinajstić information content (AvgIpc) is 2.71. The first kappa shape index (κ1) is 22.2. The molecule has 1 atom stereocenters. The van der Waals surface area contributed by atoms with Crippen LogP contribution in [0, 0.1) is 0 Å². The van der Waals surface area contributed by atoms with E-state index < -0.39 is 12.0 Å². The number of carbonyl (C=O) groups excluding carboxylic acids is 2. The Kier molecular flexibility index (Phi) is 8.00. The van der Waals surface area contributed by atoms with Crippen molar-refractivity contribution in [3.8, 4) is 5.75 Å². The smallest absolute Gasteiger partial charge is 0.274 e. The highest BCUT2D eigenvalue weighted by Crippen LogP contribution is 2.13. The number of benzene rings is 1. The van der Waals surface area contributed by atoms with Gasteiger partial charge in [-0.15, -0.1) is 0 Å². The third kappa shape index (κ3) is 5.94. The minimum atomic E-state index is -0.807. The highest BCUT2D eigenvalue weighted by Gasteiger charge is 2.20. The number of anilines is 1. The van der Waals surface area contributed by atoms with E-state index in [9.17, 15) is 14.4 Å². The molecule has 0 saturated carbocycles. The molecule has 0 aliphatic heterocycles. The van der Waals surface area contributed by atoms with Gasteiger partial charge in [0.1, 0.15) is 11.4 Å². The van der Waals surface area contributed by atoms with Crippen LogP contribution in [0.25, 0.3) is 0 Å². The van der Waals surface area contributed by atoms with Crippen molar-refractivity contribution in [1.29, 1.82) is 0 Å². The molecule has 2 aromatic rings. The van der Waals surface area contributed by atoms with Crippen molar-refractivity contribution < 1.29 is 14.3 Å². The van der Waals surface area contributed by atoms with Gasteiger partial charge in [0.05, 0.1) is 5.56 Å². The molecule has 1 aromatic heterocycles. The van der Waals surface area contributed by atoms with Crippen LogP contribution in [-0.2, 0) is 11.8 Å². The summed E-state index contributed by atoms with van der Waals surface area (Å²) in [7, 11) is 1.56. The van der Waals surface area contributed by atoms with Crippen LogP contribution in [0.5, 0.6) is 5.75 Å². The van der Waals surface area contributed by atoms with Crippen LogP contribution in [-0.4, -0.2) is 40.5 Å². The van der Waals surface area contributed by atoms with Crippen LogP contribution >= 0.6 is 0 Å². The second-order valence-corrected chi connectivity index (χ2v) is 6.91. The molecule has 0 aliphatic rings. The Morgan fingerprint density at radius 1 is 1.14 bits per heavy atom. The summed E-state index contributed by atoms with van der Waals surface area (Å²) in [5.74, 6) is -0.0651. The molecule has 156 valence electrons. The Labute approximate surface area is 171 Å². The van der Waals surface area contributed by atoms with Crippen LogP contribution in [0.1, 0.15) is 44.0 Å². The van der Waals surface area contributed by atoms with Gasteiger partial charge in [-0.25, -0.2) is 0 Å². The number of rotatable bonds is 9. The monoisotopic (exact) mass is 399 g/mol. The SMILES string of the molecule is CCCN(CCC)C(=O)c1cc(NC(=O)C(C)Oc2ccccc2)c(=O)n(C)c1. The van der Waals surface area contributed by atoms with Gasteiger partial charge in [-0.3, -0.25) is 14.4 Å². The van der Waals surface area contributed by atoms with Crippen molar-refractivity contribution in [2.45, 2.75) is 39.7 Å². The van der Waals surface area contributed by atoms with E-state index in [1.807, 2.05) is 32.0 Å². The van der Waals surface area contributed by atoms with Gasteiger partial charge in [0.25, 0.3) is 17.4 Å². The lowest BCUT2D eigenvalue weighted by Gasteiger charge is -2.22. The number of aromatic nitrogens is 1. The lowest BCUT2D eigenvalue weighted by Crippen LogP contribution is -2.35. The molecule has 0 bridgehead atoms. The van der Waals surface area contributed by atoms with Gasteiger partial charge in [0.2, 0.25) is 0 Å². The van der Waals surface area contributed by atoms with Crippen LogP contribution in [0.2, 0.25) is 0 Å². The van der Waals surface area contributed by atoms with Gasteiger partial charge in [-0.2, -0.15) is 0 Å². The third-order valence-corrected chi connectivity index (χ3v) is 4.39. The molecule has 0 saturated heterocycles. The van der Waals surface area contributed by atoms with Crippen molar-refractivity contribution in [3.63, 3.8) is 0 Å². The minimum Gasteiger partial charge on any atom is -0.481 e. The Hall–Kier alpha value is -3.09. The van der Waals surface area contributed by atoms with E-state index in [1.54, 1.807) is 31.0 Å². The fourth-order valence-corrected chi connectivity index (χ4v) is 2.95. The largest absolute Gasteiger partial charge is 0.481 e. The predicted octanol–water partition coefficient (Wildman–Crippen LogP) is 3.05. The van der Waals surface area contributed by atoms with E-state index in [1.165, 1.54) is 16.8 Å². The standard InChI is InChI=1S/C22H29N3O4/c1-5-12-25(13-6-2)21(27)17-14-19(22(28)24(4)15-17)23-20(26)16(3)29-18-10-8-7-9-11-18/h7-11,14-16H,5-6,12-13H2,1-4H3,(H,23,26). The first-order valence-corrected chi connectivity index (χ1v) is 9.89. The van der Waals surface area contributed by atoms with Gasteiger partial charge >= 0.3 is 0 Å². The van der Waals surface area contributed by atoms with Crippen molar-refractivity contribution in [3.05, 3.63) is 58.5 Å². The van der Waals surface area contributed by atoms with Gasteiger partial charge < -0.3 is 19.5 Å². The number of aryl methyl sites for hydroxylation is 1. The molecule has 1 unspecified atom stereocenters. The highest BCUT2D eigenvalue weighted by molar-refractivity contribution is 5.97. The van der Waals surface area contributed by atoms with Crippen molar-refractivity contribution in [1.82, 2.24) is 9.47 Å². The van der Waals surface area contributed by atoms with Crippen LogP contribution in [0.3, 0.4) is 0 Å². The summed E-state index contributed by atoms with van der Waals surface area (Å²) in [5, 5.41) is 2.60. The van der Waals surface area contributed by atoms with E-state index >= 15 is 0 Å². The summed E-state index contributed by atoms with van der Waals surface area (Å²) in [6.45, 7) is 6.90. The van der Waals surface area contributed by atoms with Gasteiger partial charge in [-0.1, -0.05) is 32.0 Å². The fourth-order valence-electron chi connectivity index (χ4n) is 2.95. The van der Waals surface area contributed by atoms with E-state index in [0.717, 1.165) is 12.8 Å². The lowest BCUT2D eigenvalue weighted by atomic mass is 10.2. The summed E-state index contributed by atoms with van der Waals surface area (Å²) < 4.78 is 6.91.